The molecule has 7 nitrogen and oxygen atoms in total. The van der Waals surface area contributed by atoms with Gasteiger partial charge in [-0.25, -0.2) is 4.68 Å². The summed E-state index contributed by atoms with van der Waals surface area (Å²) in [6.07, 6.45) is 6.71. The minimum absolute atomic E-state index is 0.0306. The Morgan fingerprint density at radius 3 is 2.13 bits per heavy atom. The molecule has 0 aliphatic heterocycles. The van der Waals surface area contributed by atoms with E-state index in [1.54, 1.807) is 4.68 Å². The van der Waals surface area contributed by atoms with E-state index >= 15 is 0 Å². The zero-order valence-corrected chi connectivity index (χ0v) is 18.5. The van der Waals surface area contributed by atoms with Crippen molar-refractivity contribution < 1.29 is 9.59 Å². The van der Waals surface area contributed by atoms with E-state index in [1.165, 1.54) is 19.3 Å². The zero-order chi connectivity index (χ0) is 21.8. The van der Waals surface area contributed by atoms with Crippen LogP contribution in [-0.2, 0) is 4.79 Å². The molecule has 4 saturated carbocycles. The first kappa shape index (κ1) is 20.2. The van der Waals surface area contributed by atoms with Gasteiger partial charge in [-0.15, -0.1) is 5.10 Å². The topological polar surface area (TPSA) is 88.9 Å². The molecule has 0 spiro atoms. The van der Waals surface area contributed by atoms with Crippen molar-refractivity contribution in [1.29, 1.82) is 0 Å². The molecular formula is C24H31N5O2. The number of carbonyl (C=O) groups is 2. The number of carbonyl (C=O) groups excluding carboxylic acids is 2. The number of hydrogen-bond acceptors (Lipinski definition) is 4. The van der Waals surface area contributed by atoms with Crippen LogP contribution in [0.3, 0.4) is 0 Å². The molecule has 6 rings (SSSR count). The van der Waals surface area contributed by atoms with E-state index in [-0.39, 0.29) is 22.9 Å². The SMILES string of the molecule is Cc1ccc(-n2nnc(C(=O)NNC(=O)C34CC5CC(CC(C5)C3)C4)c2C(C)C)cc1. The molecule has 31 heavy (non-hydrogen) atoms. The van der Waals surface area contributed by atoms with Gasteiger partial charge in [-0.05, 0) is 81.3 Å². The summed E-state index contributed by atoms with van der Waals surface area (Å²) in [5.41, 5.74) is 8.07. The lowest BCUT2D eigenvalue weighted by atomic mass is 9.49. The van der Waals surface area contributed by atoms with E-state index in [4.69, 9.17) is 0 Å². The highest BCUT2D eigenvalue weighted by atomic mass is 16.2. The maximum Gasteiger partial charge on any atom is 0.292 e. The van der Waals surface area contributed by atoms with Gasteiger partial charge in [0, 0.05) is 0 Å². The van der Waals surface area contributed by atoms with Crippen molar-refractivity contribution >= 4 is 11.8 Å². The highest BCUT2D eigenvalue weighted by Gasteiger charge is 2.54. The van der Waals surface area contributed by atoms with Gasteiger partial charge in [0.25, 0.3) is 5.91 Å². The van der Waals surface area contributed by atoms with Gasteiger partial charge in [-0.1, -0.05) is 36.8 Å². The Balaban J connectivity index is 1.32. The van der Waals surface area contributed by atoms with E-state index in [9.17, 15) is 9.59 Å². The van der Waals surface area contributed by atoms with Crippen LogP contribution in [0.2, 0.25) is 0 Å². The fraction of sp³-hybridized carbons (Fsp3) is 0.583. The summed E-state index contributed by atoms with van der Waals surface area (Å²) in [7, 11) is 0. The Morgan fingerprint density at radius 2 is 1.58 bits per heavy atom. The van der Waals surface area contributed by atoms with Crippen molar-refractivity contribution in [1.82, 2.24) is 25.8 Å². The fourth-order valence-electron chi connectivity index (χ4n) is 6.54. The summed E-state index contributed by atoms with van der Waals surface area (Å²) in [6.45, 7) is 6.04. The van der Waals surface area contributed by atoms with Crippen LogP contribution in [0.5, 0.6) is 0 Å². The molecule has 0 radical (unpaired) electrons. The fourth-order valence-corrected chi connectivity index (χ4v) is 6.54. The molecule has 2 amide bonds. The van der Waals surface area contributed by atoms with Crippen LogP contribution in [0.1, 0.15) is 80.0 Å². The monoisotopic (exact) mass is 421 g/mol. The number of benzene rings is 1. The first-order valence-electron chi connectivity index (χ1n) is 11.5. The number of nitrogens with zero attached hydrogens (tertiary/aromatic N) is 3. The summed E-state index contributed by atoms with van der Waals surface area (Å²) < 4.78 is 1.71. The van der Waals surface area contributed by atoms with Crippen LogP contribution in [0.4, 0.5) is 0 Å². The van der Waals surface area contributed by atoms with Gasteiger partial charge in [0.05, 0.1) is 16.8 Å². The Bertz CT molecular complexity index is 972. The normalized spacial score (nSPS) is 28.7. The quantitative estimate of drug-likeness (QED) is 0.737. The molecule has 0 atom stereocenters. The largest absolute Gasteiger partial charge is 0.292 e. The van der Waals surface area contributed by atoms with Crippen molar-refractivity contribution in [2.75, 3.05) is 0 Å². The van der Waals surface area contributed by atoms with Crippen LogP contribution >= 0.6 is 0 Å². The smallest absolute Gasteiger partial charge is 0.273 e. The van der Waals surface area contributed by atoms with Crippen LogP contribution in [0.15, 0.2) is 24.3 Å². The second kappa shape index (κ2) is 7.46. The minimum atomic E-state index is -0.417. The van der Waals surface area contributed by atoms with Crippen LogP contribution in [0.25, 0.3) is 5.69 Å². The number of aromatic nitrogens is 3. The number of amides is 2. The average molecular weight is 422 g/mol. The lowest BCUT2D eigenvalue weighted by molar-refractivity contribution is -0.147. The molecule has 2 N–H and O–H groups in total. The van der Waals surface area contributed by atoms with Gasteiger partial charge in [-0.3, -0.25) is 20.4 Å². The molecular weight excluding hydrogens is 390 g/mol. The summed E-state index contributed by atoms with van der Waals surface area (Å²) in [4.78, 5) is 26.1. The van der Waals surface area contributed by atoms with Crippen molar-refractivity contribution in [3.8, 4) is 5.69 Å². The third-order valence-electron chi connectivity index (χ3n) is 7.55. The predicted molar refractivity (Wildman–Crippen MR) is 116 cm³/mol. The zero-order valence-electron chi connectivity index (χ0n) is 18.5. The number of hydrazine groups is 1. The highest BCUT2D eigenvalue weighted by molar-refractivity contribution is 5.95. The van der Waals surface area contributed by atoms with Crippen LogP contribution < -0.4 is 10.9 Å². The Kier molecular flexibility index (Phi) is 4.87. The molecule has 4 aliphatic rings. The first-order valence-corrected chi connectivity index (χ1v) is 11.5. The van der Waals surface area contributed by atoms with Gasteiger partial charge in [0.2, 0.25) is 5.91 Å². The van der Waals surface area contributed by atoms with Crippen LogP contribution in [-0.4, -0.2) is 26.8 Å². The first-order chi connectivity index (χ1) is 14.8. The van der Waals surface area contributed by atoms with Crippen molar-refractivity contribution in [3.63, 3.8) is 0 Å². The number of rotatable bonds is 4. The number of hydrogen-bond donors (Lipinski definition) is 2. The van der Waals surface area contributed by atoms with Gasteiger partial charge in [0.1, 0.15) is 0 Å². The van der Waals surface area contributed by atoms with Crippen molar-refractivity contribution in [2.24, 2.45) is 23.2 Å². The average Bonchev–Trinajstić information content (AvgIpc) is 3.17. The second-order valence-electron chi connectivity index (χ2n) is 10.3. The number of aryl methyl sites for hydroxylation is 1. The van der Waals surface area contributed by atoms with Gasteiger partial charge < -0.3 is 0 Å². The molecule has 4 aliphatic carbocycles. The summed E-state index contributed by atoms with van der Waals surface area (Å²) in [5.74, 6) is 1.62. The van der Waals surface area contributed by atoms with Gasteiger partial charge in [0.15, 0.2) is 5.69 Å². The maximum atomic E-state index is 13.1. The second-order valence-corrected chi connectivity index (χ2v) is 10.3. The van der Waals surface area contributed by atoms with Crippen molar-refractivity contribution in [2.45, 2.75) is 65.2 Å². The van der Waals surface area contributed by atoms with Crippen LogP contribution in [0, 0.1) is 30.1 Å². The molecule has 1 heterocycles. The molecule has 0 saturated heterocycles. The van der Waals surface area contributed by atoms with Gasteiger partial charge in [-0.2, -0.15) is 0 Å². The Hall–Kier alpha value is -2.70. The van der Waals surface area contributed by atoms with E-state index in [1.807, 2.05) is 45.0 Å². The molecule has 4 fully saturated rings. The summed E-state index contributed by atoms with van der Waals surface area (Å²) in [5, 5.41) is 8.39. The third kappa shape index (κ3) is 3.54. The van der Waals surface area contributed by atoms with E-state index in [0.717, 1.165) is 36.2 Å². The number of nitrogens with one attached hydrogen (secondary N) is 2. The molecule has 4 bridgehead atoms. The third-order valence-corrected chi connectivity index (χ3v) is 7.55. The summed E-state index contributed by atoms with van der Waals surface area (Å²) >= 11 is 0. The molecule has 164 valence electrons. The lowest BCUT2D eigenvalue weighted by Gasteiger charge is -2.55. The predicted octanol–water partition coefficient (Wildman–Crippen LogP) is 3.68. The molecule has 1 aromatic carbocycles. The molecule has 2 aromatic rings. The van der Waals surface area contributed by atoms with Gasteiger partial charge >= 0.3 is 0 Å². The molecule has 0 unspecified atom stereocenters. The van der Waals surface area contributed by atoms with Crippen molar-refractivity contribution in [3.05, 3.63) is 41.2 Å². The summed E-state index contributed by atoms with van der Waals surface area (Å²) in [6, 6.07) is 7.94. The van der Waals surface area contributed by atoms with E-state index in [0.29, 0.717) is 17.8 Å². The Morgan fingerprint density at radius 1 is 1.00 bits per heavy atom. The lowest BCUT2D eigenvalue weighted by Crippen LogP contribution is -2.56. The van der Waals surface area contributed by atoms with E-state index in [2.05, 4.69) is 21.2 Å². The highest BCUT2D eigenvalue weighted by Crippen LogP contribution is 2.60. The maximum absolute atomic E-state index is 13.1. The minimum Gasteiger partial charge on any atom is -0.273 e. The Labute approximate surface area is 182 Å². The van der Waals surface area contributed by atoms with E-state index < -0.39 is 5.91 Å². The standard InChI is InChI=1S/C24H31N5O2/c1-14(2)21-20(25-28-29(21)19-6-4-15(3)5-7-19)22(30)26-27-23(31)24-11-16-8-17(12-24)10-18(9-16)13-24/h4-7,14,16-18H,8-13H2,1-3H3,(H,26,30)(H,27,31). The molecule has 1 aromatic heterocycles. The molecule has 7 heteroatoms.